The van der Waals surface area contributed by atoms with Crippen molar-refractivity contribution >= 4 is 29.2 Å². The Bertz CT molecular complexity index is 856. The van der Waals surface area contributed by atoms with Gasteiger partial charge in [-0.15, -0.1) is 0 Å². The van der Waals surface area contributed by atoms with Crippen LogP contribution in [0.2, 0.25) is 5.02 Å². The lowest BCUT2D eigenvalue weighted by atomic mass is 10.2. The molecule has 2 aromatic rings. The number of nitrogens with one attached hydrogen (secondary N) is 1. The second kappa shape index (κ2) is 8.18. The molecule has 0 spiro atoms. The second-order valence-electron chi connectivity index (χ2n) is 5.78. The Balaban J connectivity index is 1.56. The van der Waals surface area contributed by atoms with Gasteiger partial charge in [-0.2, -0.15) is 0 Å². The van der Waals surface area contributed by atoms with Gasteiger partial charge in [-0.25, -0.2) is 4.79 Å². The van der Waals surface area contributed by atoms with Crippen molar-refractivity contribution in [3.05, 3.63) is 47.5 Å². The third-order valence-electron chi connectivity index (χ3n) is 3.85. The maximum absolute atomic E-state index is 12.3. The summed E-state index contributed by atoms with van der Waals surface area (Å²) < 4.78 is 21.3. The molecule has 0 aliphatic carbocycles. The summed E-state index contributed by atoms with van der Waals surface area (Å²) in [6, 6.07) is 11.8. The summed E-state index contributed by atoms with van der Waals surface area (Å²) in [6.07, 6.45) is -1.97. The van der Waals surface area contributed by atoms with E-state index < -0.39 is 24.1 Å². The summed E-state index contributed by atoms with van der Waals surface area (Å²) >= 11 is 6.03. The van der Waals surface area contributed by atoms with E-state index in [4.69, 9.17) is 30.5 Å². The van der Waals surface area contributed by atoms with Gasteiger partial charge in [-0.3, -0.25) is 4.79 Å². The lowest BCUT2D eigenvalue weighted by Gasteiger charge is -2.25. The smallest absolute Gasteiger partial charge is 0.351 e. The zero-order chi connectivity index (χ0) is 19.4. The quantitative estimate of drug-likeness (QED) is 0.789. The van der Waals surface area contributed by atoms with Crippen LogP contribution in [-0.2, 0) is 14.3 Å². The van der Waals surface area contributed by atoms with Gasteiger partial charge in [-0.05, 0) is 37.3 Å². The zero-order valence-corrected chi connectivity index (χ0v) is 15.5. The summed E-state index contributed by atoms with van der Waals surface area (Å²) in [5, 5.41) is 2.98. The Labute approximate surface area is 161 Å². The molecule has 1 heterocycles. The molecular formula is C19H18ClNO6. The van der Waals surface area contributed by atoms with Gasteiger partial charge in [0.1, 0.15) is 12.4 Å². The fourth-order valence-corrected chi connectivity index (χ4v) is 2.69. The number of hydrogen-bond donors (Lipinski definition) is 1. The molecule has 1 amide bonds. The van der Waals surface area contributed by atoms with Gasteiger partial charge in [0.25, 0.3) is 5.91 Å². The minimum absolute atomic E-state index is 0.0122. The van der Waals surface area contributed by atoms with Crippen molar-refractivity contribution in [1.29, 1.82) is 0 Å². The van der Waals surface area contributed by atoms with Gasteiger partial charge < -0.3 is 24.3 Å². The number of anilines is 1. The van der Waals surface area contributed by atoms with E-state index in [9.17, 15) is 9.59 Å². The fourth-order valence-electron chi connectivity index (χ4n) is 2.43. The maximum atomic E-state index is 12.3. The van der Waals surface area contributed by atoms with Crippen molar-refractivity contribution in [3.63, 3.8) is 0 Å². The molecule has 1 aliphatic rings. The molecule has 0 bridgehead atoms. The molecule has 8 heteroatoms. The Morgan fingerprint density at radius 1 is 1.22 bits per heavy atom. The van der Waals surface area contributed by atoms with Crippen molar-refractivity contribution in [2.24, 2.45) is 0 Å². The number of benzene rings is 2. The summed E-state index contributed by atoms with van der Waals surface area (Å²) in [5.41, 5.74) is 0.458. The van der Waals surface area contributed by atoms with E-state index in [1.54, 1.807) is 42.5 Å². The molecule has 1 aliphatic heterocycles. The highest BCUT2D eigenvalue weighted by Crippen LogP contribution is 2.31. The molecular weight excluding hydrogens is 374 g/mol. The molecule has 3 rings (SSSR count). The van der Waals surface area contributed by atoms with Crippen molar-refractivity contribution in [1.82, 2.24) is 0 Å². The van der Waals surface area contributed by atoms with Gasteiger partial charge in [0.2, 0.25) is 6.10 Å². The van der Waals surface area contributed by atoms with E-state index in [0.717, 1.165) is 0 Å². The SMILES string of the molecule is COc1ccc(NC(=O)[C@H](C)OC(=O)[C@H]2COc3ccccc3O2)cc1Cl. The predicted octanol–water partition coefficient (Wildman–Crippen LogP) is 3.06. The van der Waals surface area contributed by atoms with Crippen LogP contribution in [0.4, 0.5) is 5.69 Å². The largest absolute Gasteiger partial charge is 0.495 e. The normalized spacial score (nSPS) is 16.2. The standard InChI is InChI=1S/C19H18ClNO6/c1-11(18(22)21-12-7-8-14(24-2)13(20)9-12)26-19(23)17-10-25-15-5-3-4-6-16(15)27-17/h3-9,11,17H,10H2,1-2H3,(H,21,22)/t11-,17+/m0/s1. The summed E-state index contributed by atoms with van der Waals surface area (Å²) in [6.45, 7) is 1.48. The second-order valence-corrected chi connectivity index (χ2v) is 6.19. The average molecular weight is 392 g/mol. The van der Waals surface area contributed by atoms with Crippen molar-refractivity contribution < 1.29 is 28.5 Å². The highest BCUT2D eigenvalue weighted by atomic mass is 35.5. The molecule has 0 saturated carbocycles. The van der Waals surface area contributed by atoms with Crippen molar-refractivity contribution in [2.45, 2.75) is 19.1 Å². The average Bonchev–Trinajstić information content (AvgIpc) is 2.67. The van der Waals surface area contributed by atoms with E-state index in [2.05, 4.69) is 5.32 Å². The predicted molar refractivity (Wildman–Crippen MR) is 98.5 cm³/mol. The first kappa shape index (κ1) is 18.8. The van der Waals surface area contributed by atoms with Gasteiger partial charge in [0.15, 0.2) is 17.6 Å². The van der Waals surface area contributed by atoms with Crippen molar-refractivity contribution in [3.8, 4) is 17.2 Å². The minimum Gasteiger partial charge on any atom is -0.495 e. The first-order chi connectivity index (χ1) is 13.0. The van der Waals surface area contributed by atoms with Crippen LogP contribution in [0.25, 0.3) is 0 Å². The van der Waals surface area contributed by atoms with Crippen LogP contribution in [0.5, 0.6) is 17.2 Å². The topological polar surface area (TPSA) is 83.1 Å². The van der Waals surface area contributed by atoms with E-state index in [1.807, 2.05) is 0 Å². The molecule has 0 unspecified atom stereocenters. The van der Waals surface area contributed by atoms with E-state index >= 15 is 0 Å². The van der Waals surface area contributed by atoms with E-state index in [-0.39, 0.29) is 6.61 Å². The Hall–Kier alpha value is -2.93. The number of fused-ring (bicyclic) bond motifs is 1. The monoisotopic (exact) mass is 391 g/mol. The fraction of sp³-hybridized carbons (Fsp3) is 0.263. The number of amides is 1. The molecule has 7 nitrogen and oxygen atoms in total. The number of hydrogen-bond acceptors (Lipinski definition) is 6. The number of para-hydroxylation sites is 2. The van der Waals surface area contributed by atoms with E-state index in [0.29, 0.717) is 28.0 Å². The number of halogens is 1. The number of carbonyl (C=O) groups is 2. The molecule has 2 aromatic carbocycles. The third kappa shape index (κ3) is 4.43. The van der Waals surface area contributed by atoms with Crippen LogP contribution in [0.1, 0.15) is 6.92 Å². The maximum Gasteiger partial charge on any atom is 0.351 e. The molecule has 0 saturated heterocycles. The Morgan fingerprint density at radius 2 is 1.96 bits per heavy atom. The Morgan fingerprint density at radius 3 is 2.67 bits per heavy atom. The Kier molecular flexibility index (Phi) is 5.71. The highest BCUT2D eigenvalue weighted by molar-refractivity contribution is 6.32. The molecule has 1 N–H and O–H groups in total. The first-order valence-electron chi connectivity index (χ1n) is 8.21. The van der Waals surface area contributed by atoms with Gasteiger partial charge in [0, 0.05) is 5.69 Å². The van der Waals surface area contributed by atoms with Crippen LogP contribution >= 0.6 is 11.6 Å². The molecule has 0 radical (unpaired) electrons. The lowest BCUT2D eigenvalue weighted by Crippen LogP contribution is -2.41. The van der Waals surface area contributed by atoms with Gasteiger partial charge >= 0.3 is 5.97 Å². The van der Waals surface area contributed by atoms with Gasteiger partial charge in [0.05, 0.1) is 12.1 Å². The molecule has 27 heavy (non-hydrogen) atoms. The number of carbonyl (C=O) groups excluding carboxylic acids is 2. The molecule has 2 atom stereocenters. The number of rotatable bonds is 5. The van der Waals surface area contributed by atoms with Crippen molar-refractivity contribution in [2.75, 3.05) is 19.0 Å². The van der Waals surface area contributed by atoms with Crippen LogP contribution in [0, 0.1) is 0 Å². The number of methoxy groups -OCH3 is 1. The summed E-state index contributed by atoms with van der Waals surface area (Å²) in [5.74, 6) is 0.324. The highest BCUT2D eigenvalue weighted by Gasteiger charge is 2.31. The third-order valence-corrected chi connectivity index (χ3v) is 4.15. The van der Waals surface area contributed by atoms with Crippen LogP contribution in [0.15, 0.2) is 42.5 Å². The zero-order valence-electron chi connectivity index (χ0n) is 14.7. The molecule has 0 aromatic heterocycles. The minimum atomic E-state index is -1.03. The summed E-state index contributed by atoms with van der Waals surface area (Å²) in [4.78, 5) is 24.5. The first-order valence-corrected chi connectivity index (χ1v) is 8.59. The van der Waals surface area contributed by atoms with Gasteiger partial charge in [-0.1, -0.05) is 23.7 Å². The van der Waals surface area contributed by atoms with Crippen LogP contribution < -0.4 is 19.5 Å². The number of ether oxygens (including phenoxy) is 4. The number of esters is 1. The molecule has 0 fully saturated rings. The molecule has 142 valence electrons. The van der Waals surface area contributed by atoms with Crippen LogP contribution in [-0.4, -0.2) is 37.8 Å². The summed E-state index contributed by atoms with van der Waals surface area (Å²) in [7, 11) is 1.50. The lowest BCUT2D eigenvalue weighted by molar-refractivity contribution is -0.162. The van der Waals surface area contributed by atoms with E-state index in [1.165, 1.54) is 14.0 Å². The van der Waals surface area contributed by atoms with Crippen LogP contribution in [0.3, 0.4) is 0 Å².